The van der Waals surface area contributed by atoms with Gasteiger partial charge in [0.1, 0.15) is 23.0 Å². The molecule has 0 aliphatic carbocycles. The highest BCUT2D eigenvalue weighted by Crippen LogP contribution is 2.48. The molecule has 2 aliphatic heterocycles. The normalized spacial score (nSPS) is 18.8. The first-order valence-corrected chi connectivity index (χ1v) is 13.5. The predicted molar refractivity (Wildman–Crippen MR) is 132 cm³/mol. The number of hydrogen-bond acceptors (Lipinski definition) is 7. The molecule has 2 atom stereocenters. The van der Waals surface area contributed by atoms with Crippen molar-refractivity contribution < 1.29 is 36.8 Å². The van der Waals surface area contributed by atoms with Crippen molar-refractivity contribution in [3.63, 3.8) is 0 Å². The van der Waals surface area contributed by atoms with E-state index < -0.39 is 25.9 Å². The number of alkyl halides is 2. The van der Waals surface area contributed by atoms with Crippen LogP contribution < -0.4 is 10.1 Å². The lowest BCUT2D eigenvalue weighted by molar-refractivity contribution is -0.0507. The first-order chi connectivity index (χ1) is 18.4. The predicted octanol–water partition coefficient (Wildman–Crippen LogP) is 4.72. The SMILES string of the molecule is CC(C)(OP(=O)(O)O)c1ncc(-c2cc3c(cc2F)nc2n3[C@@H]3C[C@@H]2NCc2cccc(OC(F)F)c23)cn1. The van der Waals surface area contributed by atoms with Crippen molar-refractivity contribution in [3.8, 4) is 16.9 Å². The summed E-state index contributed by atoms with van der Waals surface area (Å²) in [5, 5.41) is 3.42. The molecular weight excluding hydrogens is 538 g/mol. The molecule has 0 saturated carbocycles. The molecule has 39 heavy (non-hydrogen) atoms. The third-order valence-electron chi connectivity index (χ3n) is 6.98. The number of benzene rings is 2. The summed E-state index contributed by atoms with van der Waals surface area (Å²) in [6.07, 6.45) is 3.25. The average Bonchev–Trinajstić information content (AvgIpc) is 3.29. The highest BCUT2D eigenvalue weighted by Gasteiger charge is 2.40. The van der Waals surface area contributed by atoms with E-state index in [2.05, 4.69) is 20.3 Å². The number of nitrogens with zero attached hydrogens (tertiary/aromatic N) is 4. The highest BCUT2D eigenvalue weighted by molar-refractivity contribution is 7.46. The van der Waals surface area contributed by atoms with Crippen molar-refractivity contribution in [3.05, 3.63) is 71.3 Å². The minimum absolute atomic E-state index is 0.000550. The van der Waals surface area contributed by atoms with Crippen LogP contribution in [-0.4, -0.2) is 35.9 Å². The molecule has 0 saturated heterocycles. The van der Waals surface area contributed by atoms with Gasteiger partial charge >= 0.3 is 14.4 Å². The van der Waals surface area contributed by atoms with Crippen LogP contribution in [0.2, 0.25) is 0 Å². The lowest BCUT2D eigenvalue weighted by Gasteiger charge is -2.23. The largest absolute Gasteiger partial charge is 0.470 e. The van der Waals surface area contributed by atoms with Crippen molar-refractivity contribution in [1.29, 1.82) is 0 Å². The Morgan fingerprint density at radius 2 is 1.95 bits per heavy atom. The van der Waals surface area contributed by atoms with E-state index in [0.717, 1.165) is 5.56 Å². The van der Waals surface area contributed by atoms with E-state index in [0.29, 0.717) is 41.0 Å². The number of ether oxygens (including phenoxy) is 1. The highest BCUT2D eigenvalue weighted by atomic mass is 31.2. The molecule has 204 valence electrons. The maximum absolute atomic E-state index is 15.3. The van der Waals surface area contributed by atoms with Crippen LogP contribution in [-0.2, 0) is 21.2 Å². The number of imidazole rings is 1. The van der Waals surface area contributed by atoms with Crippen molar-refractivity contribution in [2.75, 3.05) is 0 Å². The number of aromatic nitrogens is 4. The second-order valence-electron chi connectivity index (χ2n) is 9.94. The van der Waals surface area contributed by atoms with Gasteiger partial charge in [-0.3, -0.25) is 4.52 Å². The zero-order valence-corrected chi connectivity index (χ0v) is 21.6. The lowest BCUT2D eigenvalue weighted by atomic mass is 9.97. The molecule has 4 heterocycles. The minimum Gasteiger partial charge on any atom is -0.434 e. The lowest BCUT2D eigenvalue weighted by Crippen LogP contribution is -2.23. The van der Waals surface area contributed by atoms with Gasteiger partial charge < -0.3 is 24.4 Å². The maximum atomic E-state index is 15.3. The van der Waals surface area contributed by atoms with Crippen molar-refractivity contribution >= 4 is 18.9 Å². The van der Waals surface area contributed by atoms with Gasteiger partial charge in [-0.2, -0.15) is 8.78 Å². The Balaban J connectivity index is 1.44. The second kappa shape index (κ2) is 9.10. The monoisotopic (exact) mass is 561 g/mol. The molecular formula is C25H23F3N5O5P. The number of halogens is 3. The molecule has 0 unspecified atom stereocenters. The fourth-order valence-corrected chi connectivity index (χ4v) is 6.13. The maximum Gasteiger partial charge on any atom is 0.470 e. The molecule has 2 bridgehead atoms. The van der Waals surface area contributed by atoms with Gasteiger partial charge in [0, 0.05) is 41.7 Å². The number of fused-ring (bicyclic) bond motifs is 9. The molecule has 6 rings (SSSR count). The molecule has 2 aliphatic rings. The van der Waals surface area contributed by atoms with Crippen LogP contribution in [0.4, 0.5) is 13.2 Å². The van der Waals surface area contributed by atoms with Gasteiger partial charge in [0.15, 0.2) is 5.82 Å². The smallest absolute Gasteiger partial charge is 0.434 e. The van der Waals surface area contributed by atoms with Crippen molar-refractivity contribution in [1.82, 2.24) is 24.8 Å². The second-order valence-corrected chi connectivity index (χ2v) is 11.1. The summed E-state index contributed by atoms with van der Waals surface area (Å²) in [7, 11) is -4.81. The quantitative estimate of drug-likeness (QED) is 0.286. The summed E-state index contributed by atoms with van der Waals surface area (Å²) in [6, 6.07) is 7.44. The van der Waals surface area contributed by atoms with Crippen molar-refractivity contribution in [2.24, 2.45) is 0 Å². The summed E-state index contributed by atoms with van der Waals surface area (Å²) in [6.45, 7) is 0.277. The summed E-state index contributed by atoms with van der Waals surface area (Å²) in [5.74, 6) is 0.197. The summed E-state index contributed by atoms with van der Waals surface area (Å²) in [5.41, 5.74) is 1.48. The van der Waals surface area contributed by atoms with Crippen molar-refractivity contribution in [2.45, 2.75) is 51.1 Å². The van der Waals surface area contributed by atoms with Crippen LogP contribution in [0.5, 0.6) is 5.75 Å². The zero-order chi connectivity index (χ0) is 27.7. The topological polar surface area (TPSA) is 132 Å². The fraction of sp³-hybridized carbons (Fsp3) is 0.320. The van der Waals surface area contributed by atoms with E-state index in [9.17, 15) is 23.1 Å². The molecule has 10 nitrogen and oxygen atoms in total. The Labute approximate surface area is 220 Å². The van der Waals surface area contributed by atoms with Gasteiger partial charge in [-0.05, 0) is 38.0 Å². The number of rotatable bonds is 6. The van der Waals surface area contributed by atoms with Crippen LogP contribution in [0.15, 0.2) is 42.7 Å². The van der Waals surface area contributed by atoms with Gasteiger partial charge in [-0.15, -0.1) is 0 Å². The minimum atomic E-state index is -4.81. The summed E-state index contributed by atoms with van der Waals surface area (Å²) >= 11 is 0. The van der Waals surface area contributed by atoms with E-state index in [1.54, 1.807) is 12.1 Å². The van der Waals surface area contributed by atoms with E-state index >= 15 is 4.39 Å². The molecule has 0 amide bonds. The van der Waals surface area contributed by atoms with Gasteiger partial charge in [-0.25, -0.2) is 23.9 Å². The molecule has 0 spiro atoms. The molecule has 2 aromatic heterocycles. The zero-order valence-electron chi connectivity index (χ0n) is 20.7. The molecule has 4 aromatic rings. The summed E-state index contributed by atoms with van der Waals surface area (Å²) < 4.78 is 64.6. The van der Waals surface area contributed by atoms with Gasteiger partial charge in [0.05, 0.1) is 23.1 Å². The third-order valence-corrected chi connectivity index (χ3v) is 7.68. The number of phosphoric acid groups is 1. The van der Waals surface area contributed by atoms with Crippen LogP contribution in [0.3, 0.4) is 0 Å². The first kappa shape index (κ1) is 25.9. The Hall–Kier alpha value is -3.35. The number of nitrogens with one attached hydrogen (secondary N) is 1. The standard InChI is InChI=1S/C25H23F3N5O5P/c1-25(2,38-39(34,35)36)23-30-10-13(11-31-23)14-6-18-16(7-15(14)26)32-22-17-8-19(33(18)22)21-12(9-29-17)4-3-5-20(21)37-24(27)28/h3-7,10-11,17,19,24,29H,8-9H2,1-2H3,(H2,34,35,36)/t17-,19+/m0/s1. The van der Waals surface area contributed by atoms with E-state index in [1.807, 2.05) is 10.6 Å². The van der Waals surface area contributed by atoms with E-state index in [4.69, 9.17) is 9.26 Å². The number of hydrogen-bond donors (Lipinski definition) is 3. The summed E-state index contributed by atoms with van der Waals surface area (Å²) in [4.78, 5) is 31.3. The van der Waals surface area contributed by atoms with Crippen LogP contribution in [0.1, 0.15) is 55.1 Å². The Kier molecular flexibility index (Phi) is 6.05. The van der Waals surface area contributed by atoms with Gasteiger partial charge in [-0.1, -0.05) is 12.1 Å². The third kappa shape index (κ3) is 4.60. The van der Waals surface area contributed by atoms with Crippen LogP contribution in [0.25, 0.3) is 22.2 Å². The molecule has 2 aromatic carbocycles. The average molecular weight is 561 g/mol. The van der Waals surface area contributed by atoms with Crippen LogP contribution >= 0.6 is 7.82 Å². The molecule has 0 radical (unpaired) electrons. The fourth-order valence-electron chi connectivity index (χ4n) is 5.45. The Bertz CT molecular complexity index is 1640. The van der Waals surface area contributed by atoms with E-state index in [1.165, 1.54) is 38.4 Å². The molecule has 14 heteroatoms. The molecule has 0 fully saturated rings. The van der Waals surface area contributed by atoms with Gasteiger partial charge in [0.25, 0.3) is 0 Å². The van der Waals surface area contributed by atoms with E-state index in [-0.39, 0.29) is 29.2 Å². The Morgan fingerprint density at radius 3 is 2.64 bits per heavy atom. The van der Waals surface area contributed by atoms with Crippen LogP contribution in [0, 0.1) is 5.82 Å². The number of phosphoric ester groups is 1. The molecule has 3 N–H and O–H groups in total. The Morgan fingerprint density at radius 1 is 1.21 bits per heavy atom. The first-order valence-electron chi connectivity index (χ1n) is 12.0. The van der Waals surface area contributed by atoms with Gasteiger partial charge in [0.2, 0.25) is 0 Å².